The molecular formula is C13H21N. The van der Waals surface area contributed by atoms with E-state index < -0.39 is 0 Å². The van der Waals surface area contributed by atoms with Crippen molar-refractivity contribution >= 4 is 0 Å². The summed E-state index contributed by atoms with van der Waals surface area (Å²) in [6.45, 7) is 9.83. The standard InChI is InChI=1S/C13H21N/c1-5-12(14-6-2)13-10(3)8-7-9-11(13)4/h7-9,12,14H,5-6H2,1-4H3. The Balaban J connectivity index is 3.02. The highest BCUT2D eigenvalue weighted by Crippen LogP contribution is 2.23. The lowest BCUT2D eigenvalue weighted by molar-refractivity contribution is 0.532. The summed E-state index contributed by atoms with van der Waals surface area (Å²) in [4.78, 5) is 0. The highest BCUT2D eigenvalue weighted by Gasteiger charge is 2.12. The van der Waals surface area contributed by atoms with Crippen LogP contribution in [0.15, 0.2) is 18.2 Å². The van der Waals surface area contributed by atoms with Crippen LogP contribution in [0.25, 0.3) is 0 Å². The lowest BCUT2D eigenvalue weighted by Crippen LogP contribution is -2.21. The van der Waals surface area contributed by atoms with Crippen molar-refractivity contribution in [3.63, 3.8) is 0 Å². The number of hydrogen-bond donors (Lipinski definition) is 1. The minimum absolute atomic E-state index is 0.515. The van der Waals surface area contributed by atoms with Gasteiger partial charge in [0.2, 0.25) is 0 Å². The molecule has 0 heterocycles. The Morgan fingerprint density at radius 3 is 2.14 bits per heavy atom. The number of hydrogen-bond acceptors (Lipinski definition) is 1. The molecule has 0 amide bonds. The largest absolute Gasteiger partial charge is 0.310 e. The first-order chi connectivity index (χ1) is 6.70. The van der Waals surface area contributed by atoms with E-state index in [0.29, 0.717) is 6.04 Å². The Morgan fingerprint density at radius 1 is 1.14 bits per heavy atom. The van der Waals surface area contributed by atoms with E-state index in [4.69, 9.17) is 0 Å². The fourth-order valence-electron chi connectivity index (χ4n) is 2.07. The summed E-state index contributed by atoms with van der Waals surface area (Å²) >= 11 is 0. The maximum Gasteiger partial charge on any atom is 0.0322 e. The molecule has 0 aliphatic carbocycles. The normalized spacial score (nSPS) is 12.9. The van der Waals surface area contributed by atoms with Crippen LogP contribution in [0.5, 0.6) is 0 Å². The second-order valence-electron chi connectivity index (χ2n) is 3.82. The third kappa shape index (κ3) is 2.36. The first-order valence-corrected chi connectivity index (χ1v) is 5.50. The van der Waals surface area contributed by atoms with Crippen LogP contribution < -0.4 is 5.32 Å². The monoisotopic (exact) mass is 191 g/mol. The van der Waals surface area contributed by atoms with Gasteiger partial charge in [-0.3, -0.25) is 0 Å². The molecule has 1 rings (SSSR count). The molecule has 0 aliphatic rings. The summed E-state index contributed by atoms with van der Waals surface area (Å²) in [6, 6.07) is 7.04. The molecule has 1 aromatic rings. The molecular weight excluding hydrogens is 170 g/mol. The fourth-order valence-corrected chi connectivity index (χ4v) is 2.07. The Hall–Kier alpha value is -0.820. The molecule has 0 aliphatic heterocycles. The molecule has 1 heteroatoms. The van der Waals surface area contributed by atoms with Gasteiger partial charge in [-0.1, -0.05) is 32.0 Å². The second kappa shape index (κ2) is 5.16. The number of nitrogens with one attached hydrogen (secondary N) is 1. The van der Waals surface area contributed by atoms with Crippen LogP contribution in [0.2, 0.25) is 0 Å². The van der Waals surface area contributed by atoms with Gasteiger partial charge in [0.25, 0.3) is 0 Å². The highest BCUT2D eigenvalue weighted by molar-refractivity contribution is 5.36. The fraction of sp³-hybridized carbons (Fsp3) is 0.538. The van der Waals surface area contributed by atoms with Crippen molar-refractivity contribution in [2.75, 3.05) is 6.54 Å². The molecule has 0 saturated heterocycles. The molecule has 0 saturated carbocycles. The zero-order valence-corrected chi connectivity index (χ0v) is 9.72. The third-order valence-electron chi connectivity index (χ3n) is 2.75. The maximum absolute atomic E-state index is 3.53. The van der Waals surface area contributed by atoms with Gasteiger partial charge in [0.05, 0.1) is 0 Å². The third-order valence-corrected chi connectivity index (χ3v) is 2.75. The van der Waals surface area contributed by atoms with Gasteiger partial charge in [-0.2, -0.15) is 0 Å². The zero-order valence-electron chi connectivity index (χ0n) is 9.72. The molecule has 0 radical (unpaired) electrons. The Labute approximate surface area is 87.5 Å². The van der Waals surface area contributed by atoms with Gasteiger partial charge in [-0.25, -0.2) is 0 Å². The van der Waals surface area contributed by atoms with Crippen LogP contribution in [-0.2, 0) is 0 Å². The van der Waals surface area contributed by atoms with Crippen LogP contribution in [0.1, 0.15) is 43.0 Å². The van der Waals surface area contributed by atoms with Gasteiger partial charge < -0.3 is 5.32 Å². The zero-order chi connectivity index (χ0) is 10.6. The van der Waals surface area contributed by atoms with E-state index in [2.05, 4.69) is 51.2 Å². The molecule has 1 aromatic carbocycles. The summed E-state index contributed by atoms with van der Waals surface area (Å²) in [7, 11) is 0. The average molecular weight is 191 g/mol. The molecule has 1 N–H and O–H groups in total. The molecule has 14 heavy (non-hydrogen) atoms. The van der Waals surface area contributed by atoms with Gasteiger partial charge in [0, 0.05) is 6.04 Å². The minimum atomic E-state index is 0.515. The van der Waals surface area contributed by atoms with E-state index in [1.165, 1.54) is 16.7 Å². The average Bonchev–Trinajstić information content (AvgIpc) is 2.16. The SMILES string of the molecule is CCNC(CC)c1c(C)cccc1C. The van der Waals surface area contributed by atoms with Crippen molar-refractivity contribution in [1.82, 2.24) is 5.32 Å². The number of rotatable bonds is 4. The first-order valence-electron chi connectivity index (χ1n) is 5.50. The van der Waals surface area contributed by atoms with Crippen LogP contribution in [0, 0.1) is 13.8 Å². The predicted octanol–water partition coefficient (Wildman–Crippen LogP) is 3.36. The van der Waals surface area contributed by atoms with E-state index in [0.717, 1.165) is 13.0 Å². The molecule has 0 aromatic heterocycles. The van der Waals surface area contributed by atoms with Crippen molar-refractivity contribution in [3.05, 3.63) is 34.9 Å². The molecule has 0 spiro atoms. The first kappa shape index (κ1) is 11.3. The Kier molecular flexibility index (Phi) is 4.15. The maximum atomic E-state index is 3.53. The van der Waals surface area contributed by atoms with E-state index in [-0.39, 0.29) is 0 Å². The molecule has 78 valence electrons. The summed E-state index contributed by atoms with van der Waals surface area (Å²) in [6.07, 6.45) is 1.15. The Bertz CT molecular complexity index is 271. The molecule has 0 fully saturated rings. The topological polar surface area (TPSA) is 12.0 Å². The van der Waals surface area contributed by atoms with Gasteiger partial charge in [-0.15, -0.1) is 0 Å². The van der Waals surface area contributed by atoms with Crippen molar-refractivity contribution in [3.8, 4) is 0 Å². The molecule has 1 atom stereocenters. The predicted molar refractivity (Wildman–Crippen MR) is 62.6 cm³/mol. The van der Waals surface area contributed by atoms with Gasteiger partial charge in [-0.05, 0) is 43.5 Å². The lowest BCUT2D eigenvalue weighted by Gasteiger charge is -2.20. The second-order valence-corrected chi connectivity index (χ2v) is 3.82. The van der Waals surface area contributed by atoms with Gasteiger partial charge in [0.15, 0.2) is 0 Å². The lowest BCUT2D eigenvalue weighted by atomic mass is 9.94. The van der Waals surface area contributed by atoms with Crippen LogP contribution in [0.4, 0.5) is 0 Å². The Morgan fingerprint density at radius 2 is 1.71 bits per heavy atom. The van der Waals surface area contributed by atoms with Crippen LogP contribution in [0.3, 0.4) is 0 Å². The minimum Gasteiger partial charge on any atom is -0.310 e. The van der Waals surface area contributed by atoms with Crippen LogP contribution >= 0.6 is 0 Å². The summed E-state index contributed by atoms with van der Waals surface area (Å²) in [5, 5.41) is 3.53. The molecule has 1 unspecified atom stereocenters. The van der Waals surface area contributed by atoms with E-state index in [1.807, 2.05) is 0 Å². The van der Waals surface area contributed by atoms with Crippen molar-refractivity contribution in [2.24, 2.45) is 0 Å². The van der Waals surface area contributed by atoms with E-state index in [1.54, 1.807) is 0 Å². The van der Waals surface area contributed by atoms with Crippen LogP contribution in [-0.4, -0.2) is 6.54 Å². The van der Waals surface area contributed by atoms with Gasteiger partial charge in [0.1, 0.15) is 0 Å². The van der Waals surface area contributed by atoms with Crippen molar-refractivity contribution in [2.45, 2.75) is 40.2 Å². The van der Waals surface area contributed by atoms with Crippen molar-refractivity contribution in [1.29, 1.82) is 0 Å². The summed E-state index contributed by atoms with van der Waals surface area (Å²) in [5.74, 6) is 0. The van der Waals surface area contributed by atoms with E-state index in [9.17, 15) is 0 Å². The smallest absolute Gasteiger partial charge is 0.0322 e. The quantitative estimate of drug-likeness (QED) is 0.769. The number of benzene rings is 1. The highest BCUT2D eigenvalue weighted by atomic mass is 14.9. The van der Waals surface area contributed by atoms with E-state index >= 15 is 0 Å². The van der Waals surface area contributed by atoms with Gasteiger partial charge >= 0.3 is 0 Å². The molecule has 0 bridgehead atoms. The summed E-state index contributed by atoms with van der Waals surface area (Å²) in [5.41, 5.74) is 4.28. The van der Waals surface area contributed by atoms with Crippen molar-refractivity contribution < 1.29 is 0 Å². The number of aryl methyl sites for hydroxylation is 2. The molecule has 1 nitrogen and oxygen atoms in total. The summed E-state index contributed by atoms with van der Waals surface area (Å²) < 4.78 is 0.